The third-order valence-corrected chi connectivity index (χ3v) is 4.53. The minimum Gasteiger partial charge on any atom is -0.452 e. The first-order chi connectivity index (χ1) is 11.5. The summed E-state index contributed by atoms with van der Waals surface area (Å²) in [6.07, 6.45) is 0. The number of nitrogen functional groups attached to an aromatic ring is 1. The summed E-state index contributed by atoms with van der Waals surface area (Å²) in [6, 6.07) is 14.3. The number of carbonyl (C=O) groups excluding carboxylic acids is 2. The van der Waals surface area contributed by atoms with Gasteiger partial charge in [0.25, 0.3) is 5.91 Å². The molecular formula is C17H17BrN2O3S. The number of rotatable bonds is 7. The Hall–Kier alpha value is -1.99. The second-order valence-electron chi connectivity index (χ2n) is 4.85. The Kier molecular flexibility index (Phi) is 7.14. The van der Waals surface area contributed by atoms with E-state index in [2.05, 4.69) is 21.2 Å². The Bertz CT molecular complexity index is 690. The van der Waals surface area contributed by atoms with Gasteiger partial charge >= 0.3 is 5.97 Å². The number of anilines is 1. The average Bonchev–Trinajstić information content (AvgIpc) is 2.59. The number of esters is 1. The molecule has 1 amide bonds. The van der Waals surface area contributed by atoms with Crippen LogP contribution in [-0.4, -0.2) is 30.8 Å². The summed E-state index contributed by atoms with van der Waals surface area (Å²) in [6.45, 7) is 0.200. The summed E-state index contributed by atoms with van der Waals surface area (Å²) in [4.78, 5) is 24.5. The quantitative estimate of drug-likeness (QED) is 0.318. The molecule has 0 radical (unpaired) electrons. The van der Waals surface area contributed by atoms with Crippen molar-refractivity contribution >= 4 is 45.3 Å². The number of ether oxygens (including phenoxy) is 1. The molecule has 2 aromatic carbocycles. The van der Waals surface area contributed by atoms with Crippen LogP contribution < -0.4 is 11.1 Å². The molecule has 0 aliphatic heterocycles. The van der Waals surface area contributed by atoms with Crippen molar-refractivity contribution < 1.29 is 14.3 Å². The smallest absolute Gasteiger partial charge is 0.338 e. The van der Waals surface area contributed by atoms with E-state index >= 15 is 0 Å². The topological polar surface area (TPSA) is 81.4 Å². The average molecular weight is 409 g/mol. The highest BCUT2D eigenvalue weighted by atomic mass is 79.9. The highest BCUT2D eigenvalue weighted by Crippen LogP contribution is 2.19. The maximum absolute atomic E-state index is 11.8. The predicted molar refractivity (Wildman–Crippen MR) is 99.0 cm³/mol. The monoisotopic (exact) mass is 408 g/mol. The van der Waals surface area contributed by atoms with Crippen LogP contribution >= 0.6 is 27.7 Å². The molecule has 0 aromatic heterocycles. The fraction of sp³-hybridized carbons (Fsp3) is 0.176. The molecule has 2 aromatic rings. The molecule has 126 valence electrons. The Labute approximate surface area is 153 Å². The fourth-order valence-corrected chi connectivity index (χ4v) is 2.81. The van der Waals surface area contributed by atoms with Gasteiger partial charge in [-0.1, -0.05) is 15.9 Å². The van der Waals surface area contributed by atoms with Crippen LogP contribution in [0.1, 0.15) is 10.4 Å². The molecule has 24 heavy (non-hydrogen) atoms. The van der Waals surface area contributed by atoms with E-state index in [0.717, 1.165) is 15.1 Å². The maximum Gasteiger partial charge on any atom is 0.338 e. The Balaban J connectivity index is 1.63. The summed E-state index contributed by atoms with van der Waals surface area (Å²) in [5.41, 5.74) is 6.47. The maximum atomic E-state index is 11.8. The standard InChI is InChI=1S/C17H17BrN2O3S/c18-13-3-7-15(8-4-13)24-10-9-20-16(21)11-23-17(22)12-1-5-14(19)6-2-12/h1-8H,9-11,19H2,(H,20,21). The molecule has 0 aliphatic carbocycles. The molecule has 3 N–H and O–H groups in total. The highest BCUT2D eigenvalue weighted by Gasteiger charge is 2.09. The number of nitrogens with one attached hydrogen (secondary N) is 1. The van der Waals surface area contributed by atoms with Crippen LogP contribution in [0.4, 0.5) is 5.69 Å². The summed E-state index contributed by atoms with van der Waals surface area (Å²) in [7, 11) is 0. The number of nitrogens with two attached hydrogens (primary N) is 1. The van der Waals surface area contributed by atoms with Crippen LogP contribution in [0.15, 0.2) is 57.9 Å². The van der Waals surface area contributed by atoms with Crippen LogP contribution in [0.2, 0.25) is 0 Å². The number of hydrogen-bond donors (Lipinski definition) is 2. The van der Waals surface area contributed by atoms with Crippen molar-refractivity contribution in [2.75, 3.05) is 24.6 Å². The summed E-state index contributed by atoms with van der Waals surface area (Å²) in [5.74, 6) is -0.135. The Morgan fingerprint density at radius 1 is 1.08 bits per heavy atom. The van der Waals surface area contributed by atoms with Crippen molar-refractivity contribution in [3.05, 3.63) is 58.6 Å². The molecular weight excluding hydrogens is 392 g/mol. The number of thioether (sulfide) groups is 1. The number of halogens is 1. The van der Waals surface area contributed by atoms with Gasteiger partial charge in [0, 0.05) is 27.4 Å². The zero-order valence-corrected chi connectivity index (χ0v) is 15.2. The van der Waals surface area contributed by atoms with E-state index in [1.807, 2.05) is 24.3 Å². The lowest BCUT2D eigenvalue weighted by atomic mass is 10.2. The van der Waals surface area contributed by atoms with Crippen molar-refractivity contribution in [2.45, 2.75) is 4.90 Å². The van der Waals surface area contributed by atoms with E-state index in [9.17, 15) is 9.59 Å². The van der Waals surface area contributed by atoms with Gasteiger partial charge in [0.2, 0.25) is 0 Å². The van der Waals surface area contributed by atoms with E-state index in [1.165, 1.54) is 0 Å². The van der Waals surface area contributed by atoms with Crippen molar-refractivity contribution in [1.82, 2.24) is 5.32 Å². The van der Waals surface area contributed by atoms with E-state index < -0.39 is 5.97 Å². The molecule has 0 aliphatic rings. The predicted octanol–water partition coefficient (Wildman–Crippen LogP) is 3.10. The van der Waals surface area contributed by atoms with Crippen LogP contribution in [0, 0.1) is 0 Å². The highest BCUT2D eigenvalue weighted by molar-refractivity contribution is 9.10. The fourth-order valence-electron chi connectivity index (χ4n) is 1.77. The first-order valence-electron chi connectivity index (χ1n) is 7.22. The van der Waals surface area contributed by atoms with Crippen molar-refractivity contribution in [2.24, 2.45) is 0 Å². The first-order valence-corrected chi connectivity index (χ1v) is 9.00. The van der Waals surface area contributed by atoms with Gasteiger partial charge in [0.1, 0.15) is 0 Å². The van der Waals surface area contributed by atoms with Crippen LogP contribution in [0.25, 0.3) is 0 Å². The van der Waals surface area contributed by atoms with E-state index in [4.69, 9.17) is 10.5 Å². The van der Waals surface area contributed by atoms with Crippen molar-refractivity contribution in [3.8, 4) is 0 Å². The minimum absolute atomic E-state index is 0.299. The van der Waals surface area contributed by atoms with E-state index in [-0.39, 0.29) is 12.5 Å². The molecule has 5 nitrogen and oxygen atoms in total. The number of hydrogen-bond acceptors (Lipinski definition) is 5. The van der Waals surface area contributed by atoms with Gasteiger partial charge < -0.3 is 15.8 Å². The van der Waals surface area contributed by atoms with E-state index in [1.54, 1.807) is 36.0 Å². The number of carbonyl (C=O) groups is 2. The molecule has 7 heteroatoms. The van der Waals surface area contributed by atoms with Gasteiger partial charge in [-0.3, -0.25) is 4.79 Å². The molecule has 0 bridgehead atoms. The Morgan fingerprint density at radius 3 is 2.42 bits per heavy atom. The third kappa shape index (κ3) is 6.25. The first kappa shape index (κ1) is 18.4. The molecule has 0 fully saturated rings. The van der Waals surface area contributed by atoms with Crippen molar-refractivity contribution in [1.29, 1.82) is 0 Å². The molecule has 0 spiro atoms. The summed E-state index contributed by atoms with van der Waals surface area (Å²) < 4.78 is 5.99. The van der Waals surface area contributed by atoms with Gasteiger partial charge in [-0.05, 0) is 48.5 Å². The number of amides is 1. The SMILES string of the molecule is Nc1ccc(C(=O)OCC(=O)NCCSc2ccc(Br)cc2)cc1. The zero-order valence-electron chi connectivity index (χ0n) is 12.8. The number of benzene rings is 2. The van der Waals surface area contributed by atoms with Gasteiger partial charge in [0.15, 0.2) is 6.61 Å². The van der Waals surface area contributed by atoms with Gasteiger partial charge in [0.05, 0.1) is 5.56 Å². The van der Waals surface area contributed by atoms with Gasteiger partial charge in [-0.2, -0.15) is 0 Å². The molecule has 0 unspecified atom stereocenters. The third-order valence-electron chi connectivity index (χ3n) is 2.99. The summed E-state index contributed by atoms with van der Waals surface area (Å²) in [5, 5.41) is 2.71. The lowest BCUT2D eigenvalue weighted by Gasteiger charge is -2.07. The molecule has 0 saturated carbocycles. The lowest BCUT2D eigenvalue weighted by molar-refractivity contribution is -0.124. The van der Waals surface area contributed by atoms with Gasteiger partial charge in [-0.25, -0.2) is 4.79 Å². The van der Waals surface area contributed by atoms with E-state index in [0.29, 0.717) is 17.8 Å². The van der Waals surface area contributed by atoms with Crippen LogP contribution in [0.3, 0.4) is 0 Å². The zero-order chi connectivity index (χ0) is 17.4. The second-order valence-corrected chi connectivity index (χ2v) is 6.93. The van der Waals surface area contributed by atoms with Crippen molar-refractivity contribution in [3.63, 3.8) is 0 Å². The lowest BCUT2D eigenvalue weighted by Crippen LogP contribution is -2.30. The van der Waals surface area contributed by atoms with Crippen LogP contribution in [-0.2, 0) is 9.53 Å². The largest absolute Gasteiger partial charge is 0.452 e. The molecule has 0 saturated heterocycles. The normalized spacial score (nSPS) is 10.2. The molecule has 0 heterocycles. The Morgan fingerprint density at radius 2 is 1.75 bits per heavy atom. The second kappa shape index (κ2) is 9.34. The molecule has 0 atom stereocenters. The minimum atomic E-state index is -0.547. The molecule has 2 rings (SSSR count). The van der Waals surface area contributed by atoms with Crippen LogP contribution in [0.5, 0.6) is 0 Å². The van der Waals surface area contributed by atoms with Gasteiger partial charge in [-0.15, -0.1) is 11.8 Å². The summed E-state index contributed by atoms with van der Waals surface area (Å²) >= 11 is 5.02.